The number of rotatable bonds is 4. The molecular formula is C15H20N4O. The summed E-state index contributed by atoms with van der Waals surface area (Å²) in [5, 5.41) is 3.07. The van der Waals surface area contributed by atoms with E-state index >= 15 is 0 Å². The Morgan fingerprint density at radius 2 is 2.25 bits per heavy atom. The van der Waals surface area contributed by atoms with Gasteiger partial charge in [-0.05, 0) is 51.6 Å². The number of H-pyrrole nitrogens is 1. The average molecular weight is 272 g/mol. The van der Waals surface area contributed by atoms with Crippen LogP contribution in [0, 0.1) is 0 Å². The van der Waals surface area contributed by atoms with Crippen LogP contribution in [-0.4, -0.2) is 47.0 Å². The lowest BCUT2D eigenvalue weighted by Crippen LogP contribution is -2.57. The molecule has 1 aromatic heterocycles. The maximum atomic E-state index is 12.3. The van der Waals surface area contributed by atoms with E-state index < -0.39 is 0 Å². The summed E-state index contributed by atoms with van der Waals surface area (Å²) >= 11 is 0. The van der Waals surface area contributed by atoms with Crippen LogP contribution in [0.2, 0.25) is 0 Å². The molecule has 0 bridgehead atoms. The second kappa shape index (κ2) is 4.90. The van der Waals surface area contributed by atoms with Gasteiger partial charge in [0.25, 0.3) is 5.91 Å². The zero-order chi connectivity index (χ0) is 14.2. The molecular weight excluding hydrogens is 252 g/mol. The van der Waals surface area contributed by atoms with Gasteiger partial charge in [0, 0.05) is 17.6 Å². The van der Waals surface area contributed by atoms with Crippen LogP contribution < -0.4 is 5.32 Å². The van der Waals surface area contributed by atoms with Crippen LogP contribution in [0.1, 0.15) is 29.6 Å². The molecule has 0 saturated heterocycles. The number of carbonyl (C=O) groups excluding carboxylic acids is 1. The lowest BCUT2D eigenvalue weighted by Gasteiger charge is -2.47. The Bertz CT molecular complexity index is 628. The minimum Gasteiger partial charge on any atom is -0.350 e. The molecule has 5 heteroatoms. The first-order chi connectivity index (χ1) is 9.61. The van der Waals surface area contributed by atoms with E-state index in [9.17, 15) is 4.79 Å². The molecule has 5 nitrogen and oxygen atoms in total. The van der Waals surface area contributed by atoms with Gasteiger partial charge >= 0.3 is 0 Å². The van der Waals surface area contributed by atoms with E-state index in [1.54, 1.807) is 6.33 Å². The number of likely N-dealkylation sites (N-methyl/N-ethyl adjacent to an activating group) is 1. The van der Waals surface area contributed by atoms with Gasteiger partial charge in [0.1, 0.15) is 0 Å². The standard InChI is InChI=1S/C15H20N4O/c1-19(2)15(6-3-7-15)9-16-14(20)11-4-5-12-13(8-11)18-10-17-12/h4-5,8,10H,3,6-7,9H2,1-2H3,(H,16,20)(H,17,18). The van der Waals surface area contributed by atoms with Crippen LogP contribution in [0.5, 0.6) is 0 Å². The minimum atomic E-state index is -0.0189. The van der Waals surface area contributed by atoms with Gasteiger partial charge in [0.05, 0.1) is 17.4 Å². The van der Waals surface area contributed by atoms with Gasteiger partial charge in [-0.15, -0.1) is 0 Å². The number of benzene rings is 1. The summed E-state index contributed by atoms with van der Waals surface area (Å²) < 4.78 is 0. The Hall–Kier alpha value is -1.88. The summed E-state index contributed by atoms with van der Waals surface area (Å²) in [4.78, 5) is 21.7. The Labute approximate surface area is 118 Å². The molecule has 1 fully saturated rings. The van der Waals surface area contributed by atoms with Crippen molar-refractivity contribution >= 4 is 16.9 Å². The molecule has 0 spiro atoms. The summed E-state index contributed by atoms with van der Waals surface area (Å²) in [6.07, 6.45) is 5.19. The fourth-order valence-corrected chi connectivity index (χ4v) is 2.79. The maximum absolute atomic E-state index is 12.3. The molecule has 1 heterocycles. The predicted octanol–water partition coefficient (Wildman–Crippen LogP) is 1.78. The third-order valence-electron chi connectivity index (χ3n) is 4.49. The maximum Gasteiger partial charge on any atom is 0.251 e. The second-order valence-corrected chi connectivity index (χ2v) is 5.79. The number of aromatic amines is 1. The molecule has 1 amide bonds. The highest BCUT2D eigenvalue weighted by Crippen LogP contribution is 2.35. The lowest BCUT2D eigenvalue weighted by molar-refractivity contribution is 0.0557. The summed E-state index contributed by atoms with van der Waals surface area (Å²) in [6.45, 7) is 0.708. The van der Waals surface area contributed by atoms with Crippen molar-refractivity contribution in [2.24, 2.45) is 0 Å². The number of hydrogen-bond donors (Lipinski definition) is 2. The summed E-state index contributed by atoms with van der Waals surface area (Å²) in [5.74, 6) is -0.0189. The molecule has 2 N–H and O–H groups in total. The molecule has 3 rings (SSSR count). The van der Waals surface area contributed by atoms with Crippen LogP contribution in [0.4, 0.5) is 0 Å². The van der Waals surface area contributed by atoms with Crippen LogP contribution in [0.15, 0.2) is 24.5 Å². The molecule has 0 radical (unpaired) electrons. The summed E-state index contributed by atoms with van der Waals surface area (Å²) in [6, 6.07) is 5.54. The fourth-order valence-electron chi connectivity index (χ4n) is 2.79. The van der Waals surface area contributed by atoms with Crippen molar-refractivity contribution in [1.82, 2.24) is 20.2 Å². The van der Waals surface area contributed by atoms with Crippen molar-refractivity contribution in [3.05, 3.63) is 30.1 Å². The van der Waals surface area contributed by atoms with Crippen LogP contribution in [-0.2, 0) is 0 Å². The number of nitrogens with zero attached hydrogens (tertiary/aromatic N) is 2. The zero-order valence-corrected chi connectivity index (χ0v) is 11.9. The topological polar surface area (TPSA) is 61.0 Å². The number of nitrogens with one attached hydrogen (secondary N) is 2. The van der Waals surface area contributed by atoms with Crippen LogP contribution in [0.3, 0.4) is 0 Å². The first-order valence-electron chi connectivity index (χ1n) is 6.99. The molecule has 0 aliphatic heterocycles. The third kappa shape index (κ3) is 2.18. The van der Waals surface area contributed by atoms with E-state index in [-0.39, 0.29) is 11.4 Å². The quantitative estimate of drug-likeness (QED) is 0.892. The predicted molar refractivity (Wildman–Crippen MR) is 78.7 cm³/mol. The SMILES string of the molecule is CN(C)C1(CNC(=O)c2ccc3nc[nH]c3c2)CCC1. The summed E-state index contributed by atoms with van der Waals surface area (Å²) in [7, 11) is 4.17. The average Bonchev–Trinajstić information content (AvgIpc) is 2.83. The highest BCUT2D eigenvalue weighted by molar-refractivity contribution is 5.97. The molecule has 1 aliphatic carbocycles. The van der Waals surface area contributed by atoms with E-state index in [1.165, 1.54) is 6.42 Å². The van der Waals surface area contributed by atoms with Crippen molar-refractivity contribution in [3.63, 3.8) is 0 Å². The van der Waals surface area contributed by atoms with E-state index in [0.29, 0.717) is 12.1 Å². The number of amides is 1. The Morgan fingerprint density at radius 1 is 1.45 bits per heavy atom. The first kappa shape index (κ1) is 13.1. The van der Waals surface area contributed by atoms with Crippen LogP contribution in [0.25, 0.3) is 11.0 Å². The molecule has 20 heavy (non-hydrogen) atoms. The minimum absolute atomic E-state index is 0.0189. The highest BCUT2D eigenvalue weighted by Gasteiger charge is 2.39. The summed E-state index contributed by atoms with van der Waals surface area (Å²) in [5.41, 5.74) is 2.59. The number of aromatic nitrogens is 2. The normalized spacial score (nSPS) is 17.1. The molecule has 0 unspecified atom stereocenters. The number of fused-ring (bicyclic) bond motifs is 1. The number of hydrogen-bond acceptors (Lipinski definition) is 3. The Morgan fingerprint density at radius 3 is 2.90 bits per heavy atom. The van der Waals surface area contributed by atoms with Gasteiger partial charge < -0.3 is 15.2 Å². The van der Waals surface area contributed by atoms with Gasteiger partial charge in [-0.3, -0.25) is 4.79 Å². The largest absolute Gasteiger partial charge is 0.350 e. The smallest absolute Gasteiger partial charge is 0.251 e. The molecule has 1 saturated carbocycles. The van der Waals surface area contributed by atoms with Crippen molar-refractivity contribution in [2.75, 3.05) is 20.6 Å². The zero-order valence-electron chi connectivity index (χ0n) is 11.9. The molecule has 0 atom stereocenters. The first-order valence-corrected chi connectivity index (χ1v) is 6.99. The van der Waals surface area contributed by atoms with Gasteiger partial charge in [0.15, 0.2) is 0 Å². The van der Waals surface area contributed by atoms with Gasteiger partial charge in [0.2, 0.25) is 0 Å². The number of carbonyl (C=O) groups is 1. The molecule has 2 aromatic rings. The molecule has 106 valence electrons. The van der Waals surface area contributed by atoms with Gasteiger partial charge in [-0.1, -0.05) is 0 Å². The molecule has 1 aromatic carbocycles. The van der Waals surface area contributed by atoms with Crippen molar-refractivity contribution < 1.29 is 4.79 Å². The highest BCUT2D eigenvalue weighted by atomic mass is 16.1. The molecule has 1 aliphatic rings. The van der Waals surface area contributed by atoms with E-state index in [0.717, 1.165) is 23.9 Å². The van der Waals surface area contributed by atoms with E-state index in [1.807, 2.05) is 18.2 Å². The van der Waals surface area contributed by atoms with Crippen molar-refractivity contribution in [1.29, 1.82) is 0 Å². The Balaban J connectivity index is 1.69. The van der Waals surface area contributed by atoms with Crippen LogP contribution >= 0.6 is 0 Å². The van der Waals surface area contributed by atoms with Crippen molar-refractivity contribution in [2.45, 2.75) is 24.8 Å². The van der Waals surface area contributed by atoms with Gasteiger partial charge in [-0.25, -0.2) is 4.98 Å². The van der Waals surface area contributed by atoms with E-state index in [4.69, 9.17) is 0 Å². The fraction of sp³-hybridized carbons (Fsp3) is 0.467. The lowest BCUT2D eigenvalue weighted by atomic mass is 9.75. The van der Waals surface area contributed by atoms with Crippen molar-refractivity contribution in [3.8, 4) is 0 Å². The monoisotopic (exact) mass is 272 g/mol. The van der Waals surface area contributed by atoms with E-state index in [2.05, 4.69) is 34.3 Å². The Kier molecular flexibility index (Phi) is 3.22. The van der Waals surface area contributed by atoms with Gasteiger partial charge in [-0.2, -0.15) is 0 Å². The second-order valence-electron chi connectivity index (χ2n) is 5.79. The number of imidazole rings is 1. The third-order valence-corrected chi connectivity index (χ3v) is 4.49.